The molecule has 1 aliphatic rings. The fourth-order valence-electron chi connectivity index (χ4n) is 4.04. The Kier molecular flexibility index (Phi) is 3.26. The van der Waals surface area contributed by atoms with Gasteiger partial charge < -0.3 is 0 Å². The van der Waals surface area contributed by atoms with Crippen molar-refractivity contribution in [2.24, 2.45) is 0 Å². The lowest BCUT2D eigenvalue weighted by Crippen LogP contribution is -2.08. The van der Waals surface area contributed by atoms with E-state index in [1.807, 2.05) is 24.4 Å². The summed E-state index contributed by atoms with van der Waals surface area (Å²) < 4.78 is 14.2. The summed E-state index contributed by atoms with van der Waals surface area (Å²) in [6.45, 7) is 0. The van der Waals surface area contributed by atoms with Gasteiger partial charge in [-0.25, -0.2) is 9.37 Å². The average molecular weight is 342 g/mol. The van der Waals surface area contributed by atoms with Crippen LogP contribution in [0.5, 0.6) is 0 Å². The molecular formula is C21H15FN4. The maximum absolute atomic E-state index is 14.2. The molecule has 4 aromatic rings. The number of halogens is 1. The third kappa shape index (κ3) is 2.12. The lowest BCUT2D eigenvalue weighted by Gasteiger charge is -2.21. The summed E-state index contributed by atoms with van der Waals surface area (Å²) in [6.07, 6.45) is 6.03. The molecule has 2 aromatic carbocycles. The first-order chi connectivity index (χ1) is 12.8. The van der Waals surface area contributed by atoms with E-state index in [9.17, 15) is 4.39 Å². The molecular weight excluding hydrogens is 327 g/mol. The highest BCUT2D eigenvalue weighted by Gasteiger charge is 2.21. The Bertz CT molecular complexity index is 1220. The van der Waals surface area contributed by atoms with E-state index in [0.29, 0.717) is 0 Å². The van der Waals surface area contributed by atoms with E-state index in [2.05, 4.69) is 10.2 Å². The molecule has 0 fully saturated rings. The first-order valence-electron chi connectivity index (χ1n) is 8.74. The van der Waals surface area contributed by atoms with Crippen LogP contribution in [-0.4, -0.2) is 15.2 Å². The zero-order chi connectivity index (χ0) is 17.7. The number of fused-ring (bicyclic) bond motifs is 5. The number of aryl methyl sites for hydroxylation is 1. The Hall–Kier alpha value is -3.26. The molecule has 0 amide bonds. The number of aromatic nitrogens is 3. The molecule has 4 nitrogen and oxygen atoms in total. The normalized spacial score (nSPS) is 13.7. The second kappa shape index (κ2) is 5.63. The van der Waals surface area contributed by atoms with Crippen molar-refractivity contribution in [2.75, 3.05) is 0 Å². The highest BCUT2D eigenvalue weighted by molar-refractivity contribution is 6.07. The van der Waals surface area contributed by atoms with Gasteiger partial charge in [-0.05, 0) is 61.1 Å². The SMILES string of the molecule is N#Cc1ccc(-c2nc3ccc4[nH]ncc4c3c3c2CCCC3)cc1F. The second-order valence-corrected chi connectivity index (χ2v) is 6.72. The molecule has 2 aromatic heterocycles. The van der Waals surface area contributed by atoms with Crippen molar-refractivity contribution in [3.8, 4) is 17.3 Å². The van der Waals surface area contributed by atoms with Crippen molar-refractivity contribution < 1.29 is 4.39 Å². The molecule has 0 saturated heterocycles. The van der Waals surface area contributed by atoms with E-state index in [4.69, 9.17) is 10.2 Å². The van der Waals surface area contributed by atoms with Crippen molar-refractivity contribution in [1.29, 1.82) is 5.26 Å². The third-order valence-electron chi connectivity index (χ3n) is 5.25. The quantitative estimate of drug-likeness (QED) is 0.547. The maximum Gasteiger partial charge on any atom is 0.141 e. The predicted octanol–water partition coefficient (Wildman–Crippen LogP) is 4.67. The number of benzene rings is 2. The predicted molar refractivity (Wildman–Crippen MR) is 98.1 cm³/mol. The van der Waals surface area contributed by atoms with Gasteiger partial charge in [0.2, 0.25) is 0 Å². The molecule has 26 heavy (non-hydrogen) atoms. The highest BCUT2D eigenvalue weighted by Crippen LogP contribution is 2.38. The van der Waals surface area contributed by atoms with Crippen LogP contribution in [0.1, 0.15) is 29.5 Å². The largest absolute Gasteiger partial charge is 0.278 e. The van der Waals surface area contributed by atoms with Gasteiger partial charge in [0.15, 0.2) is 0 Å². The zero-order valence-corrected chi connectivity index (χ0v) is 14.0. The Morgan fingerprint density at radius 3 is 2.73 bits per heavy atom. The number of nitriles is 1. The van der Waals surface area contributed by atoms with E-state index < -0.39 is 5.82 Å². The summed E-state index contributed by atoms with van der Waals surface area (Å²) in [5.74, 6) is -0.498. The minimum absolute atomic E-state index is 0.0588. The summed E-state index contributed by atoms with van der Waals surface area (Å²) in [6, 6.07) is 10.6. The number of H-pyrrole nitrogens is 1. The first kappa shape index (κ1) is 15.0. The van der Waals surface area contributed by atoms with Crippen LogP contribution in [-0.2, 0) is 12.8 Å². The lowest BCUT2D eigenvalue weighted by molar-refractivity contribution is 0.624. The summed E-state index contributed by atoms with van der Waals surface area (Å²) in [7, 11) is 0. The first-order valence-corrected chi connectivity index (χ1v) is 8.74. The van der Waals surface area contributed by atoms with Crippen molar-refractivity contribution in [1.82, 2.24) is 15.2 Å². The van der Waals surface area contributed by atoms with Gasteiger partial charge in [-0.2, -0.15) is 10.4 Å². The van der Waals surface area contributed by atoms with Gasteiger partial charge in [-0.15, -0.1) is 0 Å². The molecule has 5 rings (SSSR count). The monoisotopic (exact) mass is 342 g/mol. The van der Waals surface area contributed by atoms with Crippen LogP contribution in [0, 0.1) is 17.1 Å². The Morgan fingerprint density at radius 2 is 1.92 bits per heavy atom. The van der Waals surface area contributed by atoms with Gasteiger partial charge in [0.1, 0.15) is 11.9 Å². The molecule has 126 valence electrons. The Morgan fingerprint density at radius 1 is 1.08 bits per heavy atom. The molecule has 1 aliphatic carbocycles. The topological polar surface area (TPSA) is 65.4 Å². The van der Waals surface area contributed by atoms with Crippen LogP contribution in [0.3, 0.4) is 0 Å². The van der Waals surface area contributed by atoms with Gasteiger partial charge in [-0.1, -0.05) is 6.07 Å². The minimum Gasteiger partial charge on any atom is -0.278 e. The van der Waals surface area contributed by atoms with Crippen LogP contribution < -0.4 is 0 Å². The zero-order valence-electron chi connectivity index (χ0n) is 14.0. The van der Waals surface area contributed by atoms with Crippen molar-refractivity contribution >= 4 is 21.8 Å². The fourth-order valence-corrected chi connectivity index (χ4v) is 4.04. The molecule has 0 aliphatic heterocycles. The number of hydrogen-bond acceptors (Lipinski definition) is 3. The number of nitrogens with zero attached hydrogens (tertiary/aromatic N) is 3. The number of pyridine rings is 1. The van der Waals surface area contributed by atoms with Crippen LogP contribution >= 0.6 is 0 Å². The van der Waals surface area contributed by atoms with E-state index in [-0.39, 0.29) is 5.56 Å². The molecule has 2 heterocycles. The van der Waals surface area contributed by atoms with Crippen LogP contribution in [0.15, 0.2) is 36.5 Å². The molecule has 5 heteroatoms. The van der Waals surface area contributed by atoms with Gasteiger partial charge in [-0.3, -0.25) is 5.10 Å². The average Bonchev–Trinajstić information content (AvgIpc) is 3.16. The summed E-state index contributed by atoms with van der Waals surface area (Å²) in [5.41, 5.74) is 6.02. The fraction of sp³-hybridized carbons (Fsp3) is 0.190. The molecule has 0 radical (unpaired) electrons. The summed E-state index contributed by atoms with van der Waals surface area (Å²) in [4.78, 5) is 4.89. The van der Waals surface area contributed by atoms with Crippen molar-refractivity contribution in [3.05, 3.63) is 59.0 Å². The molecule has 0 bridgehead atoms. The third-order valence-corrected chi connectivity index (χ3v) is 5.25. The number of nitrogens with one attached hydrogen (secondary N) is 1. The van der Waals surface area contributed by atoms with E-state index >= 15 is 0 Å². The van der Waals surface area contributed by atoms with E-state index in [1.54, 1.807) is 6.07 Å². The molecule has 0 atom stereocenters. The summed E-state index contributed by atoms with van der Waals surface area (Å²) in [5, 5.41) is 18.4. The Balaban J connectivity index is 1.85. The number of hydrogen-bond donors (Lipinski definition) is 1. The van der Waals surface area contributed by atoms with Gasteiger partial charge in [0.05, 0.1) is 28.5 Å². The van der Waals surface area contributed by atoms with Gasteiger partial charge in [0, 0.05) is 16.3 Å². The molecule has 1 N–H and O–H groups in total. The maximum atomic E-state index is 14.2. The van der Waals surface area contributed by atoms with Crippen molar-refractivity contribution in [2.45, 2.75) is 25.7 Å². The smallest absolute Gasteiger partial charge is 0.141 e. The second-order valence-electron chi connectivity index (χ2n) is 6.72. The van der Waals surface area contributed by atoms with Crippen molar-refractivity contribution in [3.63, 3.8) is 0 Å². The number of aromatic amines is 1. The standard InChI is InChI=1S/C21H15FN4/c22-17-9-12(5-6-13(17)10-23)21-15-4-2-1-3-14(15)20-16-11-24-26-18(16)7-8-19(20)25-21/h5-9,11H,1-4H2,(H,24,26). The Labute approximate surface area is 149 Å². The van der Waals surface area contributed by atoms with Crippen LogP contribution in [0.2, 0.25) is 0 Å². The minimum atomic E-state index is -0.498. The van der Waals surface area contributed by atoms with Crippen LogP contribution in [0.25, 0.3) is 33.1 Å². The van der Waals surface area contributed by atoms with Gasteiger partial charge in [0.25, 0.3) is 0 Å². The lowest BCUT2D eigenvalue weighted by atomic mass is 9.85. The summed E-state index contributed by atoms with van der Waals surface area (Å²) >= 11 is 0. The molecule has 0 saturated carbocycles. The van der Waals surface area contributed by atoms with Crippen LogP contribution in [0.4, 0.5) is 4.39 Å². The van der Waals surface area contributed by atoms with E-state index in [1.165, 1.54) is 23.3 Å². The van der Waals surface area contributed by atoms with Gasteiger partial charge >= 0.3 is 0 Å². The molecule has 0 spiro atoms. The molecule has 0 unspecified atom stereocenters. The highest BCUT2D eigenvalue weighted by atomic mass is 19.1. The van der Waals surface area contributed by atoms with E-state index in [0.717, 1.165) is 58.7 Å². The number of rotatable bonds is 1.